The van der Waals surface area contributed by atoms with E-state index in [9.17, 15) is 43.2 Å². The minimum absolute atomic E-state index is 0.0115. The lowest BCUT2D eigenvalue weighted by molar-refractivity contribution is -0.145. The molecule has 3 aromatic carbocycles. The van der Waals surface area contributed by atoms with Crippen molar-refractivity contribution < 1.29 is 77.8 Å². The van der Waals surface area contributed by atoms with Crippen molar-refractivity contribution in [2.24, 2.45) is 0 Å². The van der Waals surface area contributed by atoms with Gasteiger partial charge in [-0.3, -0.25) is 33.4 Å². The topological polar surface area (TPSA) is 289 Å². The van der Waals surface area contributed by atoms with Gasteiger partial charge in [0.1, 0.15) is 18.4 Å². The molecule has 21 nitrogen and oxygen atoms in total. The first-order chi connectivity index (χ1) is 36.3. The minimum atomic E-state index is -1.26. The number of nitrogens with zero attached hydrogens (tertiary/aromatic N) is 4. The number of hydrogen-bond donors (Lipinski definition) is 5. The van der Waals surface area contributed by atoms with E-state index in [1.54, 1.807) is 71.2 Å². The van der Waals surface area contributed by atoms with E-state index in [1.807, 2.05) is 39.0 Å². The van der Waals surface area contributed by atoms with Crippen LogP contribution in [0, 0.1) is 6.92 Å². The number of ether oxygens (including phenoxy) is 3. The number of halogens is 1. The van der Waals surface area contributed by atoms with Crippen LogP contribution in [0.15, 0.2) is 97.1 Å². The molecule has 0 saturated carbocycles. The first kappa shape index (κ1) is 62.4. The van der Waals surface area contributed by atoms with Crippen molar-refractivity contribution in [3.05, 3.63) is 125 Å². The zero-order valence-electron chi connectivity index (χ0n) is 43.0. The highest BCUT2D eigenvalue weighted by molar-refractivity contribution is 6.30. The molecule has 1 fully saturated rings. The van der Waals surface area contributed by atoms with E-state index in [1.165, 1.54) is 0 Å². The van der Waals surface area contributed by atoms with E-state index in [2.05, 4.69) is 15.1 Å². The van der Waals surface area contributed by atoms with Crippen LogP contribution in [0.25, 0.3) is 10.9 Å². The summed E-state index contributed by atoms with van der Waals surface area (Å²) in [7, 11) is 1.58. The Morgan fingerprint density at radius 1 is 0.697 bits per heavy atom. The second-order valence-corrected chi connectivity index (χ2v) is 17.5. The van der Waals surface area contributed by atoms with Crippen molar-refractivity contribution >= 4 is 76.0 Å². The molecule has 5 rings (SSSR count). The van der Waals surface area contributed by atoms with Crippen LogP contribution in [0.5, 0.6) is 5.75 Å². The lowest BCUT2D eigenvalue weighted by Gasteiger charge is -2.34. The Labute approximate surface area is 445 Å². The fourth-order valence-electron chi connectivity index (χ4n) is 7.79. The summed E-state index contributed by atoms with van der Waals surface area (Å²) in [5, 5.41) is 35.4. The van der Waals surface area contributed by atoms with E-state index in [4.69, 9.17) is 46.2 Å². The predicted octanol–water partition coefficient (Wildman–Crippen LogP) is 5.59. The molecule has 410 valence electrons. The van der Waals surface area contributed by atoms with Gasteiger partial charge in [-0.25, -0.2) is 19.2 Å². The molecule has 76 heavy (non-hydrogen) atoms. The number of piperazine rings is 1. The molecule has 1 aliphatic rings. The number of nitrogens with one attached hydrogen (secondary N) is 1. The Morgan fingerprint density at radius 2 is 1.24 bits per heavy atom. The molecular weight excluding hydrogens is 1010 g/mol. The molecule has 2 amide bonds. The van der Waals surface area contributed by atoms with Gasteiger partial charge in [0.2, 0.25) is 5.91 Å². The molecule has 4 aromatic rings. The molecule has 0 radical (unpaired) electrons. The van der Waals surface area contributed by atoms with Gasteiger partial charge >= 0.3 is 35.8 Å². The Hall–Kier alpha value is -7.88. The summed E-state index contributed by atoms with van der Waals surface area (Å²) in [6.07, 6.45) is 4.67. The predicted molar refractivity (Wildman–Crippen MR) is 280 cm³/mol. The lowest BCUT2D eigenvalue weighted by atomic mass is 10.1. The van der Waals surface area contributed by atoms with Crippen LogP contribution in [0.3, 0.4) is 0 Å². The van der Waals surface area contributed by atoms with Crippen LogP contribution in [0.2, 0.25) is 5.02 Å². The fraction of sp³-hybridized carbons (Fsp3) is 0.389. The number of hydrogen-bond acceptors (Lipinski definition) is 14. The summed E-state index contributed by atoms with van der Waals surface area (Å²) in [5.41, 5.74) is 2.99. The van der Waals surface area contributed by atoms with E-state index in [0.717, 1.165) is 51.0 Å². The maximum atomic E-state index is 13.6. The average molecular weight is 1080 g/mol. The molecule has 0 aliphatic carbocycles. The highest BCUT2D eigenvalue weighted by atomic mass is 35.5. The maximum absolute atomic E-state index is 13.6. The number of methoxy groups -OCH3 is 1. The van der Waals surface area contributed by atoms with Crippen LogP contribution in [-0.4, -0.2) is 172 Å². The third kappa shape index (κ3) is 21.9. The highest BCUT2D eigenvalue weighted by Gasteiger charge is 2.27. The number of rotatable bonds is 25. The van der Waals surface area contributed by atoms with Crippen molar-refractivity contribution in [2.75, 3.05) is 72.7 Å². The quantitative estimate of drug-likeness (QED) is 0.0307. The number of esters is 2. The summed E-state index contributed by atoms with van der Waals surface area (Å²) in [6, 6.07) is 20.1. The smallest absolute Gasteiger partial charge is 0.328 e. The zero-order chi connectivity index (χ0) is 56.2. The highest BCUT2D eigenvalue weighted by Crippen LogP contribution is 2.31. The molecule has 0 bridgehead atoms. The van der Waals surface area contributed by atoms with E-state index in [-0.39, 0.29) is 56.2 Å². The molecule has 1 aromatic heterocycles. The SMILES string of the molecule is CCCN(CCC)C(=O)C(CCC(=O)OCCN1CCN(CCCOC(=O)Cc2c(C)n(C(=O)c3ccc(Cl)cc3)c3ccc(OC)cc23)CC1)NC(=O)c1ccccc1.O=C(O)/C=C\C(=O)O.O=C(O)/C=C\C(=O)O. The molecule has 1 aliphatic heterocycles. The van der Waals surface area contributed by atoms with Crippen LogP contribution in [0.1, 0.15) is 77.9 Å². The van der Waals surface area contributed by atoms with Crippen LogP contribution >= 0.6 is 11.6 Å². The molecule has 1 atom stereocenters. The number of aliphatic carboxylic acids is 4. The first-order valence-electron chi connectivity index (χ1n) is 24.4. The van der Waals surface area contributed by atoms with Crippen molar-refractivity contribution in [1.82, 2.24) is 24.6 Å². The van der Waals surface area contributed by atoms with Crippen molar-refractivity contribution in [3.8, 4) is 5.75 Å². The molecular formula is C54H66ClN5O16. The van der Waals surface area contributed by atoms with E-state index in [0.29, 0.717) is 89.0 Å². The van der Waals surface area contributed by atoms with Gasteiger partial charge in [-0.1, -0.05) is 43.6 Å². The summed E-state index contributed by atoms with van der Waals surface area (Å²) in [4.78, 5) is 110. The average Bonchev–Trinajstić information content (AvgIpc) is 3.67. The van der Waals surface area contributed by atoms with Gasteiger partial charge in [0, 0.05) is 110 Å². The number of fused-ring (bicyclic) bond motifs is 1. The maximum Gasteiger partial charge on any atom is 0.328 e. The lowest BCUT2D eigenvalue weighted by Crippen LogP contribution is -2.49. The summed E-state index contributed by atoms with van der Waals surface area (Å²) < 4.78 is 18.3. The van der Waals surface area contributed by atoms with Crippen LogP contribution in [0.4, 0.5) is 0 Å². The van der Waals surface area contributed by atoms with E-state index < -0.39 is 35.9 Å². The van der Waals surface area contributed by atoms with Crippen molar-refractivity contribution in [1.29, 1.82) is 0 Å². The van der Waals surface area contributed by atoms with Gasteiger partial charge in [-0.15, -0.1) is 0 Å². The first-order valence-corrected chi connectivity index (χ1v) is 24.8. The molecule has 22 heteroatoms. The van der Waals surface area contributed by atoms with Gasteiger partial charge in [-0.05, 0) is 92.8 Å². The third-order valence-electron chi connectivity index (χ3n) is 11.5. The van der Waals surface area contributed by atoms with Crippen molar-refractivity contribution in [3.63, 3.8) is 0 Å². The van der Waals surface area contributed by atoms with Crippen LogP contribution < -0.4 is 10.1 Å². The van der Waals surface area contributed by atoms with Crippen molar-refractivity contribution in [2.45, 2.75) is 65.3 Å². The number of aromatic nitrogens is 1. The fourth-order valence-corrected chi connectivity index (χ4v) is 7.92. The van der Waals surface area contributed by atoms with Gasteiger partial charge in [-0.2, -0.15) is 0 Å². The third-order valence-corrected chi connectivity index (χ3v) is 11.7. The van der Waals surface area contributed by atoms with Gasteiger partial charge < -0.3 is 49.8 Å². The monoisotopic (exact) mass is 1080 g/mol. The largest absolute Gasteiger partial charge is 0.497 e. The molecule has 5 N–H and O–H groups in total. The number of benzene rings is 3. The Kier molecular flexibility index (Phi) is 27.2. The Bertz CT molecular complexity index is 2590. The second kappa shape index (κ2) is 33.1. The standard InChI is InChI=1S/C46H58ClN5O8.2C4H4O4/c1-5-21-51(22-6-2)46(57)40(48-44(55)34-11-8-7-9-12-34)18-20-42(53)60-30-28-50-26-24-49(25-27-50)23-10-29-59-43(54)32-38-33(3)52(41-19-17-37(58-4)31-39(38)41)45(56)35-13-15-36(47)16-14-35;2*5-3(6)1-2-4(7)8/h7-9,11-17,19,31,40H,5-6,10,18,20-30,32H2,1-4H3,(H,48,55);2*1-2H,(H,5,6)(H,7,8)/b;2*2-1-. The summed E-state index contributed by atoms with van der Waals surface area (Å²) >= 11 is 6.05. The number of carboxylic acids is 4. The number of carbonyl (C=O) groups excluding carboxylic acids is 5. The number of amides is 2. The Balaban J connectivity index is 0.000000820. The molecule has 2 heterocycles. The Morgan fingerprint density at radius 3 is 1.76 bits per heavy atom. The zero-order valence-corrected chi connectivity index (χ0v) is 43.7. The molecule has 0 spiro atoms. The van der Waals surface area contributed by atoms with Gasteiger partial charge in [0.15, 0.2) is 0 Å². The second-order valence-electron chi connectivity index (χ2n) is 17.0. The molecule has 1 saturated heterocycles. The summed E-state index contributed by atoms with van der Waals surface area (Å²) in [6.45, 7) is 12.2. The van der Waals surface area contributed by atoms with Gasteiger partial charge in [0.05, 0.1) is 25.7 Å². The minimum Gasteiger partial charge on any atom is -0.497 e. The number of carboxylic acid groups (broad SMARTS) is 4. The van der Waals surface area contributed by atoms with E-state index >= 15 is 0 Å². The van der Waals surface area contributed by atoms with Crippen LogP contribution in [-0.2, 0) is 49.5 Å². The van der Waals surface area contributed by atoms with Gasteiger partial charge in [0.25, 0.3) is 11.8 Å². The molecule has 1 unspecified atom stereocenters. The summed E-state index contributed by atoms with van der Waals surface area (Å²) in [5.74, 6) is -5.94. The normalized spacial score (nSPS) is 12.9. The number of carbonyl (C=O) groups is 9.